The van der Waals surface area contributed by atoms with Crippen molar-refractivity contribution in [2.45, 2.75) is 50.5 Å². The average Bonchev–Trinajstić information content (AvgIpc) is 3.29. The maximum absolute atomic E-state index is 13.4. The van der Waals surface area contributed by atoms with Gasteiger partial charge in [-0.05, 0) is 58.9 Å². The fourth-order valence-corrected chi connectivity index (χ4v) is 7.85. The largest absolute Gasteiger partial charge is 0.464 e. The topological polar surface area (TPSA) is 70.1 Å². The normalized spacial score (nSPS) is 26.2. The number of aliphatic hydroxyl groups excluding tert-OH is 1. The molecular formula is C28H32N2O4S. The van der Waals surface area contributed by atoms with Gasteiger partial charge in [0.05, 0.1) is 31.3 Å². The number of hydrogen-bond acceptors (Lipinski definition) is 6. The summed E-state index contributed by atoms with van der Waals surface area (Å²) < 4.78 is 7.42. The first kappa shape index (κ1) is 22.9. The number of β-lactam (4-membered cyclic amide) rings is 1. The van der Waals surface area contributed by atoms with Gasteiger partial charge >= 0.3 is 5.97 Å². The molecule has 1 N–H and O–H groups in total. The number of esters is 1. The summed E-state index contributed by atoms with van der Waals surface area (Å²) in [5, 5.41) is 11.9. The minimum Gasteiger partial charge on any atom is -0.464 e. The molecule has 3 aliphatic heterocycles. The van der Waals surface area contributed by atoms with E-state index >= 15 is 0 Å². The van der Waals surface area contributed by atoms with Gasteiger partial charge in [0.2, 0.25) is 5.91 Å². The Kier molecular flexibility index (Phi) is 5.60. The van der Waals surface area contributed by atoms with E-state index in [4.69, 9.17) is 4.74 Å². The maximum atomic E-state index is 13.4. The summed E-state index contributed by atoms with van der Waals surface area (Å²) in [7, 11) is 1.40. The second-order valence-corrected chi connectivity index (χ2v) is 11.5. The van der Waals surface area contributed by atoms with Crippen molar-refractivity contribution in [3.05, 3.63) is 47.2 Å². The van der Waals surface area contributed by atoms with Crippen LogP contribution in [0.25, 0.3) is 10.8 Å². The van der Waals surface area contributed by atoms with E-state index in [1.807, 2.05) is 0 Å². The van der Waals surface area contributed by atoms with Crippen LogP contribution in [0.4, 0.5) is 5.69 Å². The molecule has 4 unspecified atom stereocenters. The van der Waals surface area contributed by atoms with E-state index in [-0.39, 0.29) is 30.4 Å². The predicted octanol–water partition coefficient (Wildman–Crippen LogP) is 4.54. The number of rotatable bonds is 7. The molecule has 7 heteroatoms. The van der Waals surface area contributed by atoms with Gasteiger partial charge in [0.1, 0.15) is 5.70 Å². The fourth-order valence-electron chi connectivity index (χ4n) is 6.72. The van der Waals surface area contributed by atoms with Gasteiger partial charge in [-0.1, -0.05) is 51.3 Å². The predicted molar refractivity (Wildman–Crippen MR) is 137 cm³/mol. The van der Waals surface area contributed by atoms with Crippen molar-refractivity contribution < 1.29 is 19.4 Å². The van der Waals surface area contributed by atoms with E-state index in [9.17, 15) is 14.7 Å². The molecule has 6 nitrogen and oxygen atoms in total. The second kappa shape index (κ2) is 8.56. The second-order valence-electron chi connectivity index (χ2n) is 10.5. The molecule has 6 rings (SSSR count). The Hall–Kier alpha value is -2.51. The number of carbonyl (C=O) groups excluding carboxylic acids is 2. The van der Waals surface area contributed by atoms with Crippen LogP contribution in [0.5, 0.6) is 0 Å². The first-order valence-electron chi connectivity index (χ1n) is 12.7. The molecule has 2 aromatic rings. The zero-order valence-corrected chi connectivity index (χ0v) is 21.3. The van der Waals surface area contributed by atoms with E-state index in [1.54, 1.807) is 16.8 Å². The highest BCUT2D eigenvalue weighted by Crippen LogP contribution is 2.54. The number of hydrogen-bond donors (Lipinski definition) is 1. The summed E-state index contributed by atoms with van der Waals surface area (Å²) in [5.74, 6) is 0.732. The Morgan fingerprint density at radius 1 is 1.26 bits per heavy atom. The van der Waals surface area contributed by atoms with Gasteiger partial charge in [0.15, 0.2) is 0 Å². The number of amides is 1. The Morgan fingerprint density at radius 3 is 2.74 bits per heavy atom. The summed E-state index contributed by atoms with van der Waals surface area (Å²) in [6.45, 7) is 5.08. The van der Waals surface area contributed by atoms with Crippen molar-refractivity contribution in [1.29, 1.82) is 0 Å². The molecule has 4 atom stereocenters. The number of methoxy groups -OCH3 is 1. The highest BCUT2D eigenvalue weighted by molar-refractivity contribution is 8.01. The van der Waals surface area contributed by atoms with Crippen LogP contribution >= 0.6 is 11.9 Å². The van der Waals surface area contributed by atoms with Gasteiger partial charge in [0.25, 0.3) is 0 Å². The van der Waals surface area contributed by atoms with Gasteiger partial charge in [-0.15, -0.1) is 0 Å². The molecule has 2 aromatic carbocycles. The number of carbonyl (C=O) groups is 2. The molecule has 4 aliphatic rings. The van der Waals surface area contributed by atoms with Gasteiger partial charge in [-0.3, -0.25) is 4.79 Å². The minimum atomic E-state index is -0.414. The lowest BCUT2D eigenvalue weighted by Crippen LogP contribution is -2.63. The molecule has 35 heavy (non-hydrogen) atoms. The van der Waals surface area contributed by atoms with Crippen LogP contribution in [0.2, 0.25) is 0 Å². The number of aliphatic hydroxyl groups is 1. The van der Waals surface area contributed by atoms with E-state index in [2.05, 4.69) is 48.5 Å². The maximum Gasteiger partial charge on any atom is 0.354 e. The lowest BCUT2D eigenvalue weighted by molar-refractivity contribution is -0.162. The third-order valence-electron chi connectivity index (χ3n) is 8.88. The first-order chi connectivity index (χ1) is 17.0. The zero-order chi connectivity index (χ0) is 24.4. The third kappa shape index (κ3) is 3.27. The quantitative estimate of drug-likeness (QED) is 0.348. The fraction of sp³-hybridized carbons (Fsp3) is 0.500. The first-order valence-corrected chi connectivity index (χ1v) is 13.5. The van der Waals surface area contributed by atoms with E-state index in [0.717, 1.165) is 16.8 Å². The molecule has 1 aliphatic carbocycles. The molecule has 3 heterocycles. The number of benzene rings is 2. The SMILES string of the molecule is COC(=O)C1=C(CN2Sc3ccc(CCO)c4cccc2c34)C(C)C2C(C(C)C3CCC3)C(=O)N12. The number of ether oxygens (including phenoxy) is 1. The van der Waals surface area contributed by atoms with Crippen molar-refractivity contribution in [2.24, 2.45) is 23.7 Å². The molecule has 1 saturated carbocycles. The number of fused-ring (bicyclic) bond motifs is 1. The minimum absolute atomic E-state index is 0.0136. The molecule has 184 valence electrons. The van der Waals surface area contributed by atoms with Gasteiger partial charge < -0.3 is 19.0 Å². The van der Waals surface area contributed by atoms with Crippen LogP contribution in [0.15, 0.2) is 46.5 Å². The summed E-state index contributed by atoms with van der Waals surface area (Å²) in [6.07, 6.45) is 4.30. The Balaban J connectivity index is 1.34. The average molecular weight is 493 g/mol. The Bertz CT molecular complexity index is 1250. The monoisotopic (exact) mass is 492 g/mol. The standard InChI is InChI=1S/C28H32N2O4S/c1-15(17-6-4-7-17)23-25-16(2)20(26(28(33)34-3)30(25)27(23)32)14-29-21-9-5-8-19-18(12-13-31)10-11-22(35-29)24(19)21/h5,8-11,15-17,23,25,31H,4,6-7,12-14H2,1-3H3. The number of nitrogens with zero attached hydrogens (tertiary/aromatic N) is 2. The van der Waals surface area contributed by atoms with Crippen molar-refractivity contribution >= 4 is 40.3 Å². The van der Waals surface area contributed by atoms with Crippen molar-refractivity contribution in [3.63, 3.8) is 0 Å². The summed E-state index contributed by atoms with van der Waals surface area (Å²) in [6, 6.07) is 10.6. The lowest BCUT2D eigenvalue weighted by atomic mass is 9.64. The summed E-state index contributed by atoms with van der Waals surface area (Å²) >= 11 is 1.68. The van der Waals surface area contributed by atoms with E-state index in [0.29, 0.717) is 30.5 Å². The molecular weight excluding hydrogens is 460 g/mol. The van der Waals surface area contributed by atoms with Gasteiger partial charge in [-0.25, -0.2) is 4.79 Å². The number of anilines is 1. The molecule has 2 fully saturated rings. The third-order valence-corrected chi connectivity index (χ3v) is 9.96. The molecule has 0 spiro atoms. The van der Waals surface area contributed by atoms with Crippen LogP contribution in [0, 0.1) is 23.7 Å². The van der Waals surface area contributed by atoms with Crippen LogP contribution in [0.1, 0.15) is 38.7 Å². The van der Waals surface area contributed by atoms with Gasteiger partial charge in [0, 0.05) is 22.8 Å². The van der Waals surface area contributed by atoms with E-state index in [1.165, 1.54) is 42.0 Å². The highest BCUT2D eigenvalue weighted by atomic mass is 32.2. The summed E-state index contributed by atoms with van der Waals surface area (Å²) in [4.78, 5) is 29.3. The van der Waals surface area contributed by atoms with Crippen molar-refractivity contribution in [3.8, 4) is 0 Å². The molecule has 1 amide bonds. The zero-order valence-electron chi connectivity index (χ0n) is 20.5. The lowest BCUT2D eigenvalue weighted by Gasteiger charge is -2.51. The van der Waals surface area contributed by atoms with Crippen LogP contribution in [-0.4, -0.2) is 48.2 Å². The van der Waals surface area contributed by atoms with Crippen LogP contribution < -0.4 is 4.31 Å². The van der Waals surface area contributed by atoms with Crippen molar-refractivity contribution in [2.75, 3.05) is 24.6 Å². The summed E-state index contributed by atoms with van der Waals surface area (Å²) in [5.41, 5.74) is 3.70. The van der Waals surface area contributed by atoms with E-state index < -0.39 is 5.97 Å². The molecule has 0 aromatic heterocycles. The Labute approximate surface area is 210 Å². The van der Waals surface area contributed by atoms with Gasteiger partial charge in [-0.2, -0.15) is 0 Å². The van der Waals surface area contributed by atoms with Crippen molar-refractivity contribution in [1.82, 2.24) is 4.90 Å². The van der Waals surface area contributed by atoms with Crippen LogP contribution in [0.3, 0.4) is 0 Å². The molecule has 0 radical (unpaired) electrons. The molecule has 1 saturated heterocycles. The highest BCUT2D eigenvalue weighted by Gasteiger charge is 2.61. The smallest absolute Gasteiger partial charge is 0.354 e. The Morgan fingerprint density at radius 2 is 2.06 bits per heavy atom. The molecule has 0 bridgehead atoms. The van der Waals surface area contributed by atoms with Crippen LogP contribution in [-0.2, 0) is 20.7 Å².